The van der Waals surface area contributed by atoms with Crippen LogP contribution in [0.4, 0.5) is 0 Å². The van der Waals surface area contributed by atoms with E-state index in [1.165, 1.54) is 0 Å². The molecule has 1 N–H and O–H groups in total. The van der Waals surface area contributed by atoms with Gasteiger partial charge in [0.1, 0.15) is 0 Å². The second-order valence-corrected chi connectivity index (χ2v) is 4.52. The lowest BCUT2D eigenvalue weighted by Gasteiger charge is -2.19. The monoisotopic (exact) mass is 233 g/mol. The smallest absolute Gasteiger partial charge is 0.251 e. The quantitative estimate of drug-likeness (QED) is 0.597. The predicted molar refractivity (Wildman–Crippen MR) is 67.9 cm³/mol. The number of carbonyl (C=O) groups is 1. The predicted octanol–water partition coefficient (Wildman–Crippen LogP) is 2.81. The number of nitrogens with one attached hydrogen (secondary N) is 1. The molecule has 16 heavy (non-hydrogen) atoms. The van der Waals surface area contributed by atoms with E-state index in [-0.39, 0.29) is 11.9 Å². The summed E-state index contributed by atoms with van der Waals surface area (Å²) in [6.45, 7) is 0. The van der Waals surface area contributed by atoms with E-state index in [1.807, 2.05) is 18.2 Å². The van der Waals surface area contributed by atoms with Gasteiger partial charge in [0.25, 0.3) is 5.91 Å². The number of allylic oxidation sites excluding steroid dienone is 1. The van der Waals surface area contributed by atoms with Gasteiger partial charge in [0.05, 0.1) is 0 Å². The molecule has 2 nitrogen and oxygen atoms in total. The minimum Gasteiger partial charge on any atom is -0.349 e. The molecule has 0 heterocycles. The Labute approximate surface area is 101 Å². The van der Waals surface area contributed by atoms with Crippen LogP contribution in [0.15, 0.2) is 41.3 Å². The van der Waals surface area contributed by atoms with E-state index in [2.05, 4.69) is 30.1 Å². The second-order valence-electron chi connectivity index (χ2n) is 4.01. The Hall–Kier alpha value is -1.22. The zero-order valence-electron chi connectivity index (χ0n) is 9.02. The summed E-state index contributed by atoms with van der Waals surface area (Å²) in [5.74, 6) is -0.00352. The lowest BCUT2D eigenvalue weighted by atomic mass is 10.0. The Morgan fingerprint density at radius 1 is 1.38 bits per heavy atom. The molecule has 0 radical (unpaired) electrons. The second kappa shape index (κ2) is 5.21. The molecule has 0 saturated carbocycles. The topological polar surface area (TPSA) is 29.1 Å². The molecule has 0 saturated heterocycles. The van der Waals surface area contributed by atoms with Gasteiger partial charge in [-0.15, -0.1) is 12.6 Å². The highest BCUT2D eigenvalue weighted by molar-refractivity contribution is 7.80. The van der Waals surface area contributed by atoms with Crippen molar-refractivity contribution in [2.24, 2.45) is 0 Å². The first-order chi connectivity index (χ1) is 7.75. The SMILES string of the molecule is O=C(NC1CC=CCC1)c1cccc(S)c1. The van der Waals surface area contributed by atoms with Gasteiger partial charge in [-0.25, -0.2) is 0 Å². The summed E-state index contributed by atoms with van der Waals surface area (Å²) >= 11 is 4.22. The van der Waals surface area contributed by atoms with Crippen molar-refractivity contribution in [3.05, 3.63) is 42.0 Å². The Balaban J connectivity index is 2.00. The maximum atomic E-state index is 11.9. The van der Waals surface area contributed by atoms with Crippen LogP contribution in [-0.2, 0) is 0 Å². The van der Waals surface area contributed by atoms with Gasteiger partial charge < -0.3 is 5.32 Å². The molecule has 1 amide bonds. The summed E-state index contributed by atoms with van der Waals surface area (Å²) in [4.78, 5) is 12.7. The Morgan fingerprint density at radius 2 is 2.25 bits per heavy atom. The third-order valence-electron chi connectivity index (χ3n) is 2.71. The lowest BCUT2D eigenvalue weighted by Crippen LogP contribution is -2.35. The third-order valence-corrected chi connectivity index (χ3v) is 2.99. The van der Waals surface area contributed by atoms with Crippen LogP contribution < -0.4 is 5.32 Å². The third kappa shape index (κ3) is 2.89. The van der Waals surface area contributed by atoms with Gasteiger partial charge in [0, 0.05) is 16.5 Å². The maximum absolute atomic E-state index is 11.9. The molecule has 1 aliphatic carbocycles. The van der Waals surface area contributed by atoms with Gasteiger partial charge >= 0.3 is 0 Å². The molecule has 0 aromatic heterocycles. The van der Waals surface area contributed by atoms with Crippen LogP contribution in [0.25, 0.3) is 0 Å². The minimum absolute atomic E-state index is 0.00352. The number of thiol groups is 1. The molecule has 84 valence electrons. The fraction of sp³-hybridized carbons (Fsp3) is 0.308. The minimum atomic E-state index is -0.00352. The van der Waals surface area contributed by atoms with Gasteiger partial charge in [-0.1, -0.05) is 18.2 Å². The molecule has 1 aromatic rings. The summed E-state index contributed by atoms with van der Waals surface area (Å²) in [6.07, 6.45) is 7.31. The fourth-order valence-corrected chi connectivity index (χ4v) is 2.07. The van der Waals surface area contributed by atoms with Crippen molar-refractivity contribution >= 4 is 18.5 Å². The summed E-state index contributed by atoms with van der Waals surface area (Å²) < 4.78 is 0. The van der Waals surface area contributed by atoms with Gasteiger partial charge in [-0.05, 0) is 37.5 Å². The molecule has 1 aliphatic rings. The van der Waals surface area contributed by atoms with Crippen LogP contribution in [-0.4, -0.2) is 11.9 Å². The van der Waals surface area contributed by atoms with E-state index in [0.29, 0.717) is 5.56 Å². The highest BCUT2D eigenvalue weighted by atomic mass is 32.1. The van der Waals surface area contributed by atoms with Crippen molar-refractivity contribution in [2.45, 2.75) is 30.2 Å². The summed E-state index contributed by atoms with van der Waals surface area (Å²) in [5, 5.41) is 3.04. The van der Waals surface area contributed by atoms with Crippen LogP contribution in [0.3, 0.4) is 0 Å². The molecule has 0 fully saturated rings. The van der Waals surface area contributed by atoms with Crippen LogP contribution in [0.1, 0.15) is 29.6 Å². The van der Waals surface area contributed by atoms with Crippen molar-refractivity contribution in [3.8, 4) is 0 Å². The van der Waals surface area contributed by atoms with Crippen molar-refractivity contribution in [1.29, 1.82) is 0 Å². The van der Waals surface area contributed by atoms with E-state index < -0.39 is 0 Å². The van der Waals surface area contributed by atoms with E-state index >= 15 is 0 Å². The van der Waals surface area contributed by atoms with Crippen molar-refractivity contribution < 1.29 is 4.79 Å². The number of rotatable bonds is 2. The van der Waals surface area contributed by atoms with E-state index in [4.69, 9.17) is 0 Å². The highest BCUT2D eigenvalue weighted by Gasteiger charge is 2.13. The first-order valence-corrected chi connectivity index (χ1v) is 5.95. The molecule has 2 rings (SSSR count). The van der Waals surface area contributed by atoms with E-state index in [0.717, 1.165) is 24.2 Å². The molecular formula is C13H15NOS. The molecule has 1 atom stereocenters. The summed E-state index contributed by atoms with van der Waals surface area (Å²) in [5.41, 5.74) is 0.682. The van der Waals surface area contributed by atoms with Crippen LogP contribution in [0.2, 0.25) is 0 Å². The van der Waals surface area contributed by atoms with E-state index in [9.17, 15) is 4.79 Å². The van der Waals surface area contributed by atoms with Crippen LogP contribution in [0.5, 0.6) is 0 Å². The number of hydrogen-bond donors (Lipinski definition) is 2. The number of amides is 1. The Bertz CT molecular complexity index is 414. The molecule has 1 unspecified atom stereocenters. The fourth-order valence-electron chi connectivity index (χ4n) is 1.84. The molecular weight excluding hydrogens is 218 g/mol. The first-order valence-electron chi connectivity index (χ1n) is 5.50. The van der Waals surface area contributed by atoms with Crippen molar-refractivity contribution in [2.75, 3.05) is 0 Å². The average molecular weight is 233 g/mol. The first kappa shape index (κ1) is 11.3. The zero-order chi connectivity index (χ0) is 11.4. The van der Waals surface area contributed by atoms with Gasteiger partial charge in [-0.2, -0.15) is 0 Å². The Morgan fingerprint density at radius 3 is 2.94 bits per heavy atom. The average Bonchev–Trinajstić information content (AvgIpc) is 2.30. The lowest BCUT2D eigenvalue weighted by molar-refractivity contribution is 0.0934. The van der Waals surface area contributed by atoms with Gasteiger partial charge in [0.15, 0.2) is 0 Å². The van der Waals surface area contributed by atoms with Crippen LogP contribution in [0, 0.1) is 0 Å². The van der Waals surface area contributed by atoms with Crippen LogP contribution >= 0.6 is 12.6 Å². The molecule has 0 spiro atoms. The highest BCUT2D eigenvalue weighted by Crippen LogP contribution is 2.13. The normalized spacial score (nSPS) is 19.4. The summed E-state index contributed by atoms with van der Waals surface area (Å²) in [7, 11) is 0. The number of hydrogen-bond acceptors (Lipinski definition) is 2. The van der Waals surface area contributed by atoms with Crippen molar-refractivity contribution in [3.63, 3.8) is 0 Å². The standard InChI is InChI=1S/C13H15NOS/c15-13(10-5-4-8-12(16)9-10)14-11-6-2-1-3-7-11/h1-2,4-5,8-9,11,16H,3,6-7H2,(H,14,15). The number of carbonyl (C=O) groups excluding carboxylic acids is 1. The zero-order valence-corrected chi connectivity index (χ0v) is 9.91. The molecule has 0 aliphatic heterocycles. The van der Waals surface area contributed by atoms with E-state index in [1.54, 1.807) is 6.07 Å². The Kier molecular flexibility index (Phi) is 3.67. The molecule has 1 aromatic carbocycles. The number of benzene rings is 1. The maximum Gasteiger partial charge on any atom is 0.251 e. The van der Waals surface area contributed by atoms with Crippen molar-refractivity contribution in [1.82, 2.24) is 5.32 Å². The summed E-state index contributed by atoms with van der Waals surface area (Å²) in [6, 6.07) is 7.59. The largest absolute Gasteiger partial charge is 0.349 e. The van der Waals surface area contributed by atoms with Gasteiger partial charge in [-0.3, -0.25) is 4.79 Å². The molecule has 0 bridgehead atoms. The van der Waals surface area contributed by atoms with Gasteiger partial charge in [0.2, 0.25) is 0 Å². The molecule has 3 heteroatoms.